The maximum atomic E-state index is 11.9. The molecule has 0 radical (unpaired) electrons. The molecule has 0 fully saturated rings. The SMILES string of the molecule is CC(C)C(=O)Oc1c(O)cc(Br)cc1C=NC(Cc1ccc(O)cc1)C(=O)O. The first-order valence-corrected chi connectivity index (χ1v) is 9.24. The summed E-state index contributed by atoms with van der Waals surface area (Å²) in [5, 5.41) is 28.9. The zero-order chi connectivity index (χ0) is 20.8. The standard InChI is InChI=1S/C20H20BrNO6/c1-11(2)20(27)28-18-13(8-14(21)9-17(18)24)10-22-16(19(25)26)7-12-3-5-15(23)6-4-12/h3-6,8-11,16,23-24H,7H2,1-2H3,(H,25,26). The average Bonchev–Trinajstić information content (AvgIpc) is 2.62. The van der Waals surface area contributed by atoms with Gasteiger partial charge in [-0.15, -0.1) is 0 Å². The highest BCUT2D eigenvalue weighted by atomic mass is 79.9. The molecule has 0 bridgehead atoms. The van der Waals surface area contributed by atoms with E-state index in [-0.39, 0.29) is 29.2 Å². The van der Waals surface area contributed by atoms with E-state index in [1.165, 1.54) is 24.4 Å². The summed E-state index contributed by atoms with van der Waals surface area (Å²) in [7, 11) is 0. The molecule has 0 aromatic heterocycles. The molecule has 8 heteroatoms. The largest absolute Gasteiger partial charge is 0.508 e. The third-order valence-electron chi connectivity index (χ3n) is 3.78. The van der Waals surface area contributed by atoms with Gasteiger partial charge in [-0.2, -0.15) is 0 Å². The number of phenols is 2. The average molecular weight is 450 g/mol. The number of rotatable bonds is 7. The summed E-state index contributed by atoms with van der Waals surface area (Å²) in [4.78, 5) is 27.6. The van der Waals surface area contributed by atoms with Gasteiger partial charge in [0.05, 0.1) is 5.92 Å². The molecule has 7 nitrogen and oxygen atoms in total. The summed E-state index contributed by atoms with van der Waals surface area (Å²) in [5.41, 5.74) is 0.948. The molecule has 1 atom stereocenters. The predicted molar refractivity (Wildman–Crippen MR) is 107 cm³/mol. The second-order valence-electron chi connectivity index (χ2n) is 6.42. The van der Waals surface area contributed by atoms with Gasteiger partial charge in [0, 0.05) is 22.7 Å². The molecule has 2 rings (SSSR count). The first-order valence-electron chi connectivity index (χ1n) is 8.45. The van der Waals surface area contributed by atoms with Gasteiger partial charge >= 0.3 is 11.9 Å². The number of aromatic hydroxyl groups is 2. The Morgan fingerprint density at radius 1 is 1.18 bits per heavy atom. The molecule has 0 saturated heterocycles. The zero-order valence-electron chi connectivity index (χ0n) is 15.3. The van der Waals surface area contributed by atoms with Gasteiger partial charge in [0.1, 0.15) is 5.75 Å². The van der Waals surface area contributed by atoms with Crippen LogP contribution in [0.2, 0.25) is 0 Å². The van der Waals surface area contributed by atoms with Crippen molar-refractivity contribution in [3.05, 3.63) is 52.0 Å². The van der Waals surface area contributed by atoms with Crippen LogP contribution in [0.3, 0.4) is 0 Å². The first-order chi connectivity index (χ1) is 13.2. The van der Waals surface area contributed by atoms with Crippen molar-refractivity contribution < 1.29 is 29.6 Å². The van der Waals surface area contributed by atoms with Crippen molar-refractivity contribution >= 4 is 34.1 Å². The molecule has 0 spiro atoms. The number of hydrogen-bond acceptors (Lipinski definition) is 6. The highest BCUT2D eigenvalue weighted by Crippen LogP contribution is 2.33. The molecule has 3 N–H and O–H groups in total. The van der Waals surface area contributed by atoms with E-state index >= 15 is 0 Å². The lowest BCUT2D eigenvalue weighted by Gasteiger charge is -2.12. The number of carboxylic acid groups (broad SMARTS) is 1. The van der Waals surface area contributed by atoms with Crippen molar-refractivity contribution in [3.8, 4) is 17.2 Å². The minimum absolute atomic E-state index is 0.0837. The van der Waals surface area contributed by atoms with Crippen molar-refractivity contribution in [2.24, 2.45) is 10.9 Å². The Bertz CT molecular complexity index is 892. The number of phenolic OH excluding ortho intramolecular Hbond substituents is 2. The minimum Gasteiger partial charge on any atom is -0.508 e. The van der Waals surface area contributed by atoms with Gasteiger partial charge < -0.3 is 20.1 Å². The number of esters is 1. The molecule has 0 aliphatic rings. The molecular formula is C20H20BrNO6. The van der Waals surface area contributed by atoms with Crippen LogP contribution in [0.5, 0.6) is 17.2 Å². The molecule has 0 heterocycles. The van der Waals surface area contributed by atoms with Crippen molar-refractivity contribution in [2.45, 2.75) is 26.3 Å². The molecule has 1 unspecified atom stereocenters. The number of carboxylic acids is 1. The summed E-state index contributed by atoms with van der Waals surface area (Å²) in [6, 6.07) is 7.99. The van der Waals surface area contributed by atoms with Crippen LogP contribution in [0.4, 0.5) is 0 Å². The maximum absolute atomic E-state index is 11.9. The number of halogens is 1. The van der Waals surface area contributed by atoms with E-state index in [2.05, 4.69) is 20.9 Å². The van der Waals surface area contributed by atoms with Crippen molar-refractivity contribution in [3.63, 3.8) is 0 Å². The van der Waals surface area contributed by atoms with Crippen LogP contribution >= 0.6 is 15.9 Å². The fourth-order valence-corrected chi connectivity index (χ4v) is 2.72. The first kappa shape index (κ1) is 21.4. The van der Waals surface area contributed by atoms with Crippen LogP contribution in [0.15, 0.2) is 45.9 Å². The Morgan fingerprint density at radius 2 is 1.82 bits per heavy atom. The molecule has 28 heavy (non-hydrogen) atoms. The van der Waals surface area contributed by atoms with Gasteiger partial charge in [0.25, 0.3) is 0 Å². The van der Waals surface area contributed by atoms with E-state index in [0.717, 1.165) is 0 Å². The van der Waals surface area contributed by atoms with Crippen molar-refractivity contribution in [1.29, 1.82) is 0 Å². The fraction of sp³-hybridized carbons (Fsp3) is 0.250. The highest BCUT2D eigenvalue weighted by Gasteiger charge is 2.19. The van der Waals surface area contributed by atoms with E-state index in [1.54, 1.807) is 32.0 Å². The van der Waals surface area contributed by atoms with Gasteiger partial charge in [0.15, 0.2) is 17.5 Å². The lowest BCUT2D eigenvalue weighted by molar-refractivity contribution is -0.139. The molecule has 2 aromatic rings. The number of carbonyl (C=O) groups is 2. The molecule has 0 saturated carbocycles. The van der Waals surface area contributed by atoms with E-state index in [4.69, 9.17) is 4.74 Å². The number of ether oxygens (including phenoxy) is 1. The Labute approximate surface area is 170 Å². The third-order valence-corrected chi connectivity index (χ3v) is 4.24. The zero-order valence-corrected chi connectivity index (χ0v) is 16.9. The summed E-state index contributed by atoms with van der Waals surface area (Å²) >= 11 is 3.24. The third kappa shape index (κ3) is 5.82. The van der Waals surface area contributed by atoms with Gasteiger partial charge in [-0.25, -0.2) is 4.79 Å². The van der Waals surface area contributed by atoms with Crippen LogP contribution in [-0.2, 0) is 16.0 Å². The topological polar surface area (TPSA) is 116 Å². The van der Waals surface area contributed by atoms with Gasteiger partial charge in [-0.3, -0.25) is 9.79 Å². The lowest BCUT2D eigenvalue weighted by Crippen LogP contribution is -2.21. The Morgan fingerprint density at radius 3 is 2.39 bits per heavy atom. The predicted octanol–water partition coefficient (Wildman–Crippen LogP) is 3.54. The monoisotopic (exact) mass is 449 g/mol. The van der Waals surface area contributed by atoms with Crippen molar-refractivity contribution in [1.82, 2.24) is 0 Å². The van der Waals surface area contributed by atoms with E-state index in [9.17, 15) is 24.9 Å². The van der Waals surface area contributed by atoms with E-state index < -0.39 is 23.9 Å². The second kappa shape index (κ2) is 9.36. The number of aliphatic carboxylic acids is 1. The highest BCUT2D eigenvalue weighted by molar-refractivity contribution is 9.10. The Hall–Kier alpha value is -2.87. The number of benzene rings is 2. The number of carbonyl (C=O) groups excluding carboxylic acids is 1. The normalized spacial score (nSPS) is 12.3. The smallest absolute Gasteiger partial charge is 0.328 e. The Balaban J connectivity index is 2.31. The van der Waals surface area contributed by atoms with Gasteiger partial charge in [-0.1, -0.05) is 41.9 Å². The van der Waals surface area contributed by atoms with Gasteiger partial charge in [0.2, 0.25) is 0 Å². The van der Waals surface area contributed by atoms with E-state index in [0.29, 0.717) is 10.0 Å². The maximum Gasteiger partial charge on any atom is 0.328 e. The van der Waals surface area contributed by atoms with Crippen LogP contribution in [0, 0.1) is 5.92 Å². The summed E-state index contributed by atoms with van der Waals surface area (Å²) in [5.74, 6) is -2.35. The molecule has 0 amide bonds. The second-order valence-corrected chi connectivity index (χ2v) is 7.34. The molecule has 148 valence electrons. The number of aliphatic imine (C=N–C) groups is 1. The minimum atomic E-state index is -1.13. The Kier molecular flexibility index (Phi) is 7.17. The van der Waals surface area contributed by atoms with Crippen LogP contribution in [0.1, 0.15) is 25.0 Å². The number of hydrogen-bond donors (Lipinski definition) is 3. The molecule has 0 aliphatic heterocycles. The molecule has 0 aliphatic carbocycles. The lowest BCUT2D eigenvalue weighted by atomic mass is 10.1. The summed E-state index contributed by atoms with van der Waals surface area (Å²) in [6.07, 6.45) is 1.36. The molecule has 2 aromatic carbocycles. The number of nitrogens with zero attached hydrogens (tertiary/aromatic N) is 1. The summed E-state index contributed by atoms with van der Waals surface area (Å²) < 4.78 is 5.76. The van der Waals surface area contributed by atoms with E-state index in [1.807, 2.05) is 0 Å². The van der Waals surface area contributed by atoms with Gasteiger partial charge in [-0.05, 0) is 29.8 Å². The quantitative estimate of drug-likeness (QED) is 0.338. The fourth-order valence-electron chi connectivity index (χ4n) is 2.25. The summed E-state index contributed by atoms with van der Waals surface area (Å²) in [6.45, 7) is 3.31. The van der Waals surface area contributed by atoms with Crippen LogP contribution in [-0.4, -0.2) is 39.5 Å². The molecular weight excluding hydrogens is 430 g/mol. The van der Waals surface area contributed by atoms with Crippen molar-refractivity contribution in [2.75, 3.05) is 0 Å². The van der Waals surface area contributed by atoms with Crippen LogP contribution < -0.4 is 4.74 Å². The van der Waals surface area contributed by atoms with Crippen LogP contribution in [0.25, 0.3) is 0 Å².